The lowest BCUT2D eigenvalue weighted by atomic mass is 10.0. The molecule has 0 bridgehead atoms. The third-order valence-electron chi connectivity index (χ3n) is 4.86. The van der Waals surface area contributed by atoms with Crippen molar-refractivity contribution >= 4 is 5.91 Å². The van der Waals surface area contributed by atoms with Crippen molar-refractivity contribution in [3.8, 4) is 5.75 Å². The van der Waals surface area contributed by atoms with Gasteiger partial charge in [0.25, 0.3) is 11.7 Å². The minimum Gasteiger partial charge on any atom is -0.487 e. The highest BCUT2D eigenvalue weighted by molar-refractivity contribution is 5.88. The molecule has 0 saturated carbocycles. The molecule has 2 aromatic rings. The lowest BCUT2D eigenvalue weighted by Crippen LogP contribution is -2.26. The number of rotatable bonds is 4. The maximum atomic E-state index is 11.2. The fraction of sp³-hybridized carbons (Fsp3) is 0.500. The summed E-state index contributed by atoms with van der Waals surface area (Å²) >= 11 is 0. The van der Waals surface area contributed by atoms with Crippen LogP contribution in [-0.4, -0.2) is 33.1 Å². The zero-order valence-electron chi connectivity index (χ0n) is 14.5. The van der Waals surface area contributed by atoms with Gasteiger partial charge in [-0.1, -0.05) is 23.4 Å². The van der Waals surface area contributed by atoms with E-state index in [1.54, 1.807) is 0 Å². The summed E-state index contributed by atoms with van der Waals surface area (Å²) < 4.78 is 11.4. The number of likely N-dealkylation sites (tertiary alicyclic amines) is 1. The van der Waals surface area contributed by atoms with Crippen LogP contribution in [0.2, 0.25) is 0 Å². The van der Waals surface area contributed by atoms with Gasteiger partial charge in [0.05, 0.1) is 6.04 Å². The van der Waals surface area contributed by atoms with Crippen LogP contribution in [-0.2, 0) is 13.0 Å². The number of primary amides is 1. The fourth-order valence-electron chi connectivity index (χ4n) is 3.79. The Kier molecular flexibility index (Phi) is 3.76. The van der Waals surface area contributed by atoms with E-state index in [0.29, 0.717) is 5.89 Å². The monoisotopic (exact) mass is 342 g/mol. The summed E-state index contributed by atoms with van der Waals surface area (Å²) in [7, 11) is 0. The minimum absolute atomic E-state index is 0.00543. The fourth-order valence-corrected chi connectivity index (χ4v) is 3.79. The molecule has 1 aromatic carbocycles. The average Bonchev–Trinajstić information content (AvgIpc) is 3.23. The number of carbonyl (C=O) groups is 1. The summed E-state index contributed by atoms with van der Waals surface area (Å²) in [5, 5.41) is 3.67. The second-order valence-electron chi connectivity index (χ2n) is 7.39. The number of nitrogens with two attached hydrogens (primary N) is 1. The first kappa shape index (κ1) is 16.1. The molecule has 0 radical (unpaired) electrons. The van der Waals surface area contributed by atoms with Gasteiger partial charge >= 0.3 is 0 Å². The van der Waals surface area contributed by atoms with Gasteiger partial charge in [0.15, 0.2) is 0 Å². The summed E-state index contributed by atoms with van der Waals surface area (Å²) in [5.41, 5.74) is 7.48. The number of fused-ring (bicyclic) bond motifs is 1. The molecule has 132 valence electrons. The van der Waals surface area contributed by atoms with E-state index < -0.39 is 5.91 Å². The predicted octanol–water partition coefficient (Wildman–Crippen LogP) is 2.22. The lowest BCUT2D eigenvalue weighted by molar-refractivity contribution is 0.0987. The van der Waals surface area contributed by atoms with Crippen molar-refractivity contribution in [3.05, 3.63) is 41.0 Å². The van der Waals surface area contributed by atoms with Gasteiger partial charge in [-0.15, -0.1) is 0 Å². The van der Waals surface area contributed by atoms with E-state index in [9.17, 15) is 4.79 Å². The van der Waals surface area contributed by atoms with Crippen LogP contribution < -0.4 is 10.5 Å². The summed E-state index contributed by atoms with van der Waals surface area (Å²) in [6, 6.07) is 6.33. The first-order valence-electron chi connectivity index (χ1n) is 8.60. The van der Waals surface area contributed by atoms with Crippen LogP contribution in [0.5, 0.6) is 5.75 Å². The summed E-state index contributed by atoms with van der Waals surface area (Å²) in [5.74, 6) is 0.727. The Morgan fingerprint density at radius 1 is 1.44 bits per heavy atom. The molecular formula is C18H22N4O3. The summed E-state index contributed by atoms with van der Waals surface area (Å²) in [4.78, 5) is 17.6. The van der Waals surface area contributed by atoms with Crippen molar-refractivity contribution in [2.75, 3.05) is 6.54 Å². The molecule has 0 unspecified atom stereocenters. The number of amides is 1. The second kappa shape index (κ2) is 5.84. The molecule has 1 amide bonds. The van der Waals surface area contributed by atoms with Gasteiger partial charge in [0.1, 0.15) is 11.4 Å². The van der Waals surface area contributed by atoms with Crippen LogP contribution in [0.3, 0.4) is 0 Å². The van der Waals surface area contributed by atoms with Crippen LogP contribution in [0.25, 0.3) is 0 Å². The highest BCUT2D eigenvalue weighted by Gasteiger charge is 2.35. The van der Waals surface area contributed by atoms with E-state index in [0.717, 1.165) is 38.1 Å². The first-order chi connectivity index (χ1) is 11.9. The van der Waals surface area contributed by atoms with E-state index in [2.05, 4.69) is 47.1 Å². The predicted molar refractivity (Wildman–Crippen MR) is 90.1 cm³/mol. The maximum absolute atomic E-state index is 11.2. The molecule has 2 N–H and O–H groups in total. The van der Waals surface area contributed by atoms with Crippen molar-refractivity contribution in [1.82, 2.24) is 15.0 Å². The highest BCUT2D eigenvalue weighted by atomic mass is 16.5. The number of nitrogens with zero attached hydrogens (tertiary/aromatic N) is 3. The van der Waals surface area contributed by atoms with E-state index >= 15 is 0 Å². The van der Waals surface area contributed by atoms with Crippen LogP contribution in [0.15, 0.2) is 22.7 Å². The largest absolute Gasteiger partial charge is 0.487 e. The molecule has 1 atom stereocenters. The van der Waals surface area contributed by atoms with E-state index in [1.165, 1.54) is 11.1 Å². The molecule has 1 aromatic heterocycles. The standard InChI is InChI=1S/C18H22N4O3/c1-18(2)9-11-5-3-6-12(14(11)24-18)10-22-8-4-7-13(22)17-20-16(15(19)23)21-25-17/h3,5-6,13H,4,7-10H2,1-2H3,(H2,19,23)/t13-/m1/s1. The lowest BCUT2D eigenvalue weighted by Gasteiger charge is -2.23. The Balaban J connectivity index is 1.57. The number of para-hydroxylation sites is 1. The van der Waals surface area contributed by atoms with Crippen LogP contribution in [0.4, 0.5) is 0 Å². The summed E-state index contributed by atoms with van der Waals surface area (Å²) in [6.45, 7) is 5.91. The van der Waals surface area contributed by atoms with Gasteiger partial charge in [0, 0.05) is 18.5 Å². The third kappa shape index (κ3) is 3.00. The third-order valence-corrected chi connectivity index (χ3v) is 4.86. The zero-order chi connectivity index (χ0) is 17.6. The molecule has 7 heteroatoms. The zero-order valence-corrected chi connectivity index (χ0v) is 14.5. The molecule has 1 fully saturated rings. The summed E-state index contributed by atoms with van der Waals surface area (Å²) in [6.07, 6.45) is 2.88. The number of benzene rings is 1. The van der Waals surface area contributed by atoms with Crippen molar-refractivity contribution in [1.29, 1.82) is 0 Å². The Labute approximate surface area is 146 Å². The molecule has 2 aliphatic rings. The van der Waals surface area contributed by atoms with Gasteiger partial charge in [-0.2, -0.15) is 4.98 Å². The van der Waals surface area contributed by atoms with Crippen molar-refractivity contribution < 1.29 is 14.1 Å². The van der Waals surface area contributed by atoms with E-state index in [-0.39, 0.29) is 17.5 Å². The highest BCUT2D eigenvalue weighted by Crippen LogP contribution is 2.40. The normalized spacial score (nSPS) is 21.9. The van der Waals surface area contributed by atoms with E-state index in [1.807, 2.05) is 0 Å². The quantitative estimate of drug-likeness (QED) is 0.915. The molecule has 25 heavy (non-hydrogen) atoms. The molecule has 0 spiro atoms. The van der Waals surface area contributed by atoms with E-state index in [4.69, 9.17) is 15.0 Å². The van der Waals surface area contributed by atoms with Gasteiger partial charge in [0.2, 0.25) is 5.89 Å². The minimum atomic E-state index is -0.670. The van der Waals surface area contributed by atoms with Crippen molar-refractivity contribution in [2.45, 2.75) is 51.3 Å². The second-order valence-corrected chi connectivity index (χ2v) is 7.39. The molecule has 7 nitrogen and oxygen atoms in total. The Morgan fingerprint density at radius 3 is 3.04 bits per heavy atom. The molecule has 4 rings (SSSR count). The van der Waals surface area contributed by atoms with Crippen LogP contribution >= 0.6 is 0 Å². The van der Waals surface area contributed by atoms with Crippen LogP contribution in [0.1, 0.15) is 60.4 Å². The number of carbonyl (C=O) groups excluding carboxylic acids is 1. The average molecular weight is 342 g/mol. The van der Waals surface area contributed by atoms with Crippen LogP contribution in [0, 0.1) is 0 Å². The number of aromatic nitrogens is 2. The smallest absolute Gasteiger partial charge is 0.290 e. The van der Waals surface area contributed by atoms with Crippen molar-refractivity contribution in [2.24, 2.45) is 5.73 Å². The number of hydrogen-bond donors (Lipinski definition) is 1. The molecule has 3 heterocycles. The Hall–Kier alpha value is -2.41. The van der Waals surface area contributed by atoms with Gasteiger partial charge in [-0.05, 0) is 38.8 Å². The van der Waals surface area contributed by atoms with Gasteiger partial charge in [-0.3, -0.25) is 9.69 Å². The Bertz CT molecular complexity index is 814. The molecule has 2 aliphatic heterocycles. The maximum Gasteiger partial charge on any atom is 0.290 e. The molecular weight excluding hydrogens is 320 g/mol. The van der Waals surface area contributed by atoms with Gasteiger partial charge < -0.3 is 15.0 Å². The SMILES string of the molecule is CC1(C)Cc2cccc(CN3CCC[C@@H]3c3nc(C(N)=O)no3)c2O1. The number of hydrogen-bond acceptors (Lipinski definition) is 6. The van der Waals surface area contributed by atoms with Crippen molar-refractivity contribution in [3.63, 3.8) is 0 Å². The van der Waals surface area contributed by atoms with Gasteiger partial charge in [-0.25, -0.2) is 0 Å². The molecule has 0 aliphatic carbocycles. The number of ether oxygens (including phenoxy) is 1. The molecule has 1 saturated heterocycles. The Morgan fingerprint density at radius 2 is 2.28 bits per heavy atom. The topological polar surface area (TPSA) is 94.5 Å². The first-order valence-corrected chi connectivity index (χ1v) is 8.60.